The maximum Gasteiger partial charge on any atom is 0.284 e. The van der Waals surface area contributed by atoms with Crippen LogP contribution < -0.4 is 0 Å². The number of sulfonamides is 1. The first-order chi connectivity index (χ1) is 12.5. The lowest BCUT2D eigenvalue weighted by atomic mass is 10.1. The Morgan fingerprint density at radius 3 is 2.12 bits per heavy atom. The number of nitrogens with zero attached hydrogens (tertiary/aromatic N) is 2. The van der Waals surface area contributed by atoms with Gasteiger partial charge in [0.2, 0.25) is 0 Å². The Bertz CT molecular complexity index is 1050. The molecule has 0 saturated heterocycles. The van der Waals surface area contributed by atoms with Crippen molar-refractivity contribution in [3.8, 4) is 0 Å². The Hall–Kier alpha value is -3.12. The summed E-state index contributed by atoms with van der Waals surface area (Å²) in [4.78, 5) is 16.0. The van der Waals surface area contributed by atoms with Gasteiger partial charge in [-0.25, -0.2) is 4.99 Å². The molecule has 130 valence electrons. The number of carbonyl (C=O) groups excluding carboxylic acids is 1. The van der Waals surface area contributed by atoms with Crippen LogP contribution >= 0.6 is 0 Å². The quantitative estimate of drug-likeness (QED) is 0.476. The van der Waals surface area contributed by atoms with Crippen LogP contribution in [0.15, 0.2) is 98.8 Å². The molecular formula is C20H16N2O3S. The van der Waals surface area contributed by atoms with Gasteiger partial charge in [0.15, 0.2) is 11.6 Å². The third kappa shape index (κ3) is 4.10. The summed E-state index contributed by atoms with van der Waals surface area (Å²) >= 11 is 0. The maximum atomic E-state index is 12.6. The molecule has 0 atom stereocenters. The number of benzene rings is 2. The Morgan fingerprint density at radius 2 is 1.50 bits per heavy atom. The lowest BCUT2D eigenvalue weighted by Gasteiger charge is -2.07. The van der Waals surface area contributed by atoms with Gasteiger partial charge in [-0.3, -0.25) is 4.79 Å². The SMILES string of the molecule is CC1=CC(=NC(=NS(=O)(=O)c2ccccc2)c2ccccc2)C=CC1=O. The summed E-state index contributed by atoms with van der Waals surface area (Å²) in [5.41, 5.74) is 1.56. The number of aliphatic imine (C=N–C) groups is 1. The third-order valence-corrected chi connectivity index (χ3v) is 4.95. The Kier molecular flexibility index (Phi) is 5.04. The summed E-state index contributed by atoms with van der Waals surface area (Å²) in [5.74, 6) is -0.0356. The average Bonchev–Trinajstić information content (AvgIpc) is 2.65. The van der Waals surface area contributed by atoms with Crippen LogP contribution in [0, 0.1) is 0 Å². The number of ketones is 1. The largest absolute Gasteiger partial charge is 0.290 e. The summed E-state index contributed by atoms with van der Waals surface area (Å²) in [7, 11) is -3.91. The highest BCUT2D eigenvalue weighted by atomic mass is 32.2. The van der Waals surface area contributed by atoms with Gasteiger partial charge in [0, 0.05) is 5.56 Å². The minimum atomic E-state index is -3.91. The van der Waals surface area contributed by atoms with Crippen LogP contribution in [-0.2, 0) is 14.8 Å². The smallest absolute Gasteiger partial charge is 0.284 e. The number of rotatable bonds is 3. The van der Waals surface area contributed by atoms with Crippen LogP contribution in [-0.4, -0.2) is 25.7 Å². The van der Waals surface area contributed by atoms with E-state index in [4.69, 9.17) is 0 Å². The lowest BCUT2D eigenvalue weighted by molar-refractivity contribution is -0.111. The molecule has 1 aliphatic carbocycles. The molecule has 0 amide bonds. The Balaban J connectivity index is 2.11. The van der Waals surface area contributed by atoms with Crippen molar-refractivity contribution in [3.63, 3.8) is 0 Å². The van der Waals surface area contributed by atoms with Crippen molar-refractivity contribution in [2.45, 2.75) is 11.8 Å². The molecule has 0 radical (unpaired) electrons. The van der Waals surface area contributed by atoms with Crippen LogP contribution in [0.3, 0.4) is 0 Å². The van der Waals surface area contributed by atoms with Crippen molar-refractivity contribution in [1.82, 2.24) is 0 Å². The number of allylic oxidation sites excluding steroid dienone is 4. The van der Waals surface area contributed by atoms with Gasteiger partial charge in [-0.2, -0.15) is 8.42 Å². The normalized spacial score (nSPS) is 16.7. The van der Waals surface area contributed by atoms with E-state index >= 15 is 0 Å². The van der Waals surface area contributed by atoms with E-state index in [0.29, 0.717) is 16.8 Å². The Labute approximate surface area is 152 Å². The van der Waals surface area contributed by atoms with E-state index in [1.54, 1.807) is 61.5 Å². The molecule has 3 rings (SSSR count). The van der Waals surface area contributed by atoms with E-state index in [9.17, 15) is 13.2 Å². The third-order valence-electron chi connectivity index (χ3n) is 3.67. The minimum Gasteiger partial charge on any atom is -0.290 e. The first kappa shape index (κ1) is 17.7. The van der Waals surface area contributed by atoms with Gasteiger partial charge in [-0.15, -0.1) is 4.40 Å². The van der Waals surface area contributed by atoms with Gasteiger partial charge in [0.25, 0.3) is 10.0 Å². The molecular weight excluding hydrogens is 348 g/mol. The van der Waals surface area contributed by atoms with Crippen molar-refractivity contribution in [2.75, 3.05) is 0 Å². The zero-order valence-electron chi connectivity index (χ0n) is 14.0. The number of amidine groups is 1. The molecule has 0 saturated carbocycles. The van der Waals surface area contributed by atoms with Crippen molar-refractivity contribution in [1.29, 1.82) is 0 Å². The van der Waals surface area contributed by atoms with Gasteiger partial charge < -0.3 is 0 Å². The molecule has 0 aliphatic heterocycles. The molecule has 5 nitrogen and oxygen atoms in total. The van der Waals surface area contributed by atoms with E-state index in [1.807, 2.05) is 6.07 Å². The summed E-state index contributed by atoms with van der Waals surface area (Å²) in [6.45, 7) is 1.68. The van der Waals surface area contributed by atoms with Gasteiger partial charge in [0.1, 0.15) is 0 Å². The van der Waals surface area contributed by atoms with Crippen molar-refractivity contribution >= 4 is 27.4 Å². The zero-order chi connectivity index (χ0) is 18.6. The number of hydrogen-bond donors (Lipinski definition) is 0. The van der Waals surface area contributed by atoms with Crippen LogP contribution in [0.2, 0.25) is 0 Å². The second-order valence-electron chi connectivity index (χ2n) is 5.63. The fourth-order valence-electron chi connectivity index (χ4n) is 2.31. The second-order valence-corrected chi connectivity index (χ2v) is 7.23. The van der Waals surface area contributed by atoms with E-state index in [0.717, 1.165) is 0 Å². The highest BCUT2D eigenvalue weighted by molar-refractivity contribution is 7.90. The van der Waals surface area contributed by atoms with Crippen LogP contribution in [0.4, 0.5) is 0 Å². The molecule has 26 heavy (non-hydrogen) atoms. The van der Waals surface area contributed by atoms with E-state index in [2.05, 4.69) is 9.39 Å². The molecule has 0 bridgehead atoms. The summed E-state index contributed by atoms with van der Waals surface area (Å²) in [6.07, 6.45) is 4.56. The van der Waals surface area contributed by atoms with E-state index < -0.39 is 10.0 Å². The summed E-state index contributed by atoms with van der Waals surface area (Å²) < 4.78 is 29.2. The molecule has 0 unspecified atom stereocenters. The predicted octanol–water partition coefficient (Wildman–Crippen LogP) is 3.35. The fourth-order valence-corrected chi connectivity index (χ4v) is 3.29. The zero-order valence-corrected chi connectivity index (χ0v) is 14.8. The summed E-state index contributed by atoms with van der Waals surface area (Å²) in [5, 5.41) is 0. The van der Waals surface area contributed by atoms with Crippen molar-refractivity contribution in [2.24, 2.45) is 9.39 Å². The summed E-state index contributed by atoms with van der Waals surface area (Å²) in [6, 6.07) is 16.8. The molecule has 2 aromatic carbocycles. The fraction of sp³-hybridized carbons (Fsp3) is 0.0500. The molecule has 0 aromatic heterocycles. The molecule has 2 aromatic rings. The topological polar surface area (TPSA) is 75.9 Å². The highest BCUT2D eigenvalue weighted by Crippen LogP contribution is 2.15. The molecule has 0 N–H and O–H groups in total. The molecule has 0 heterocycles. The first-order valence-electron chi connectivity index (χ1n) is 7.90. The maximum absolute atomic E-state index is 12.6. The van der Waals surface area contributed by atoms with Gasteiger partial charge in [-0.05, 0) is 42.9 Å². The van der Waals surface area contributed by atoms with Crippen LogP contribution in [0.1, 0.15) is 12.5 Å². The second kappa shape index (κ2) is 7.41. The molecule has 1 aliphatic rings. The van der Waals surface area contributed by atoms with Crippen molar-refractivity contribution in [3.05, 3.63) is 90.0 Å². The number of carbonyl (C=O) groups is 1. The van der Waals surface area contributed by atoms with Crippen molar-refractivity contribution < 1.29 is 13.2 Å². The molecule has 6 heteroatoms. The monoisotopic (exact) mass is 364 g/mol. The Morgan fingerprint density at radius 1 is 0.885 bits per heavy atom. The van der Waals surface area contributed by atoms with Crippen LogP contribution in [0.25, 0.3) is 0 Å². The van der Waals surface area contributed by atoms with Crippen LogP contribution in [0.5, 0.6) is 0 Å². The van der Waals surface area contributed by atoms with Gasteiger partial charge in [0.05, 0.1) is 10.6 Å². The van der Waals surface area contributed by atoms with Gasteiger partial charge >= 0.3 is 0 Å². The average molecular weight is 364 g/mol. The predicted molar refractivity (Wildman–Crippen MR) is 102 cm³/mol. The standard InChI is InChI=1S/C20H16N2O3S/c1-15-14-17(12-13-19(15)23)21-20(16-8-4-2-5-9-16)22-26(24,25)18-10-6-3-7-11-18/h2-14H,1H3. The molecule has 0 fully saturated rings. The van der Waals surface area contributed by atoms with E-state index in [1.165, 1.54) is 18.2 Å². The van der Waals surface area contributed by atoms with Gasteiger partial charge in [-0.1, -0.05) is 48.5 Å². The first-order valence-corrected chi connectivity index (χ1v) is 9.34. The molecule has 0 spiro atoms. The van der Waals surface area contributed by atoms with E-state index in [-0.39, 0.29) is 16.5 Å². The number of hydrogen-bond acceptors (Lipinski definition) is 3. The lowest BCUT2D eigenvalue weighted by Crippen LogP contribution is -2.10. The minimum absolute atomic E-state index is 0.0625. The highest BCUT2D eigenvalue weighted by Gasteiger charge is 2.16.